The second kappa shape index (κ2) is 14.4. The maximum atomic E-state index is 12.5. The fraction of sp³-hybridized carbons (Fsp3) is 0.864. The Bertz CT molecular complexity index is 496. The molecule has 0 saturated heterocycles. The topological polar surface area (TPSA) is 93.7 Å². The first-order valence-corrected chi connectivity index (χ1v) is 11.0. The van der Waals surface area contributed by atoms with Crippen molar-refractivity contribution < 1.29 is 23.9 Å². The predicted molar refractivity (Wildman–Crippen MR) is 114 cm³/mol. The van der Waals surface area contributed by atoms with E-state index < -0.39 is 17.7 Å². The Balaban J connectivity index is 0.00000379. The van der Waals surface area contributed by atoms with Gasteiger partial charge in [0.25, 0.3) is 0 Å². The average Bonchev–Trinajstić information content (AvgIpc) is 2.65. The van der Waals surface area contributed by atoms with Crippen molar-refractivity contribution in [1.82, 2.24) is 10.6 Å². The van der Waals surface area contributed by atoms with Gasteiger partial charge in [0.05, 0.1) is 12.5 Å². The van der Waals surface area contributed by atoms with Crippen LogP contribution < -0.4 is 10.6 Å². The van der Waals surface area contributed by atoms with Gasteiger partial charge in [-0.1, -0.05) is 33.1 Å². The van der Waals surface area contributed by atoms with E-state index in [-0.39, 0.29) is 30.7 Å². The van der Waals surface area contributed by atoms with Crippen LogP contribution in [0.15, 0.2) is 0 Å². The van der Waals surface area contributed by atoms with Gasteiger partial charge in [0.1, 0.15) is 11.6 Å². The highest BCUT2D eigenvalue weighted by molar-refractivity contribution is 5.87. The molecule has 0 aliphatic heterocycles. The Hall–Kier alpha value is -1.63. The molecular formula is C22H42N2O5. The lowest BCUT2D eigenvalue weighted by Gasteiger charge is -2.27. The highest BCUT2D eigenvalue weighted by Gasteiger charge is 2.28. The predicted octanol–water partition coefficient (Wildman–Crippen LogP) is 3.35. The molecule has 0 radical (unpaired) electrons. The zero-order valence-corrected chi connectivity index (χ0v) is 19.4. The lowest BCUT2D eigenvalue weighted by atomic mass is 9.90. The summed E-state index contributed by atoms with van der Waals surface area (Å²) in [4.78, 5) is 35.7. The minimum atomic E-state index is -0.787. The second-order valence-electron chi connectivity index (χ2n) is 8.35. The van der Waals surface area contributed by atoms with Crippen molar-refractivity contribution in [3.8, 4) is 0 Å². The number of carbonyl (C=O) groups is 3. The smallest absolute Gasteiger partial charge is 0.308 e. The van der Waals surface area contributed by atoms with Gasteiger partial charge in [-0.15, -0.1) is 0 Å². The van der Waals surface area contributed by atoms with Crippen LogP contribution in [-0.4, -0.2) is 48.7 Å². The van der Waals surface area contributed by atoms with Crippen LogP contribution in [0.25, 0.3) is 0 Å². The number of hydrogen-bond acceptors (Lipinski definition) is 5. The number of rotatable bonds is 9. The van der Waals surface area contributed by atoms with Gasteiger partial charge in [-0.25, -0.2) is 0 Å². The molecule has 0 bridgehead atoms. The monoisotopic (exact) mass is 414 g/mol. The Labute approximate surface area is 176 Å². The normalized spacial score (nSPS) is 16.7. The summed E-state index contributed by atoms with van der Waals surface area (Å²) in [6.45, 7) is 13.3. The van der Waals surface area contributed by atoms with Crippen LogP contribution in [0.3, 0.4) is 0 Å². The molecule has 1 aliphatic carbocycles. The first kappa shape index (κ1) is 27.4. The summed E-state index contributed by atoms with van der Waals surface area (Å²) in [5, 5.41) is 5.34. The Morgan fingerprint density at radius 1 is 1.07 bits per heavy atom. The van der Waals surface area contributed by atoms with Crippen LogP contribution in [0.4, 0.5) is 0 Å². The molecule has 2 unspecified atom stereocenters. The Morgan fingerprint density at radius 2 is 1.66 bits per heavy atom. The summed E-state index contributed by atoms with van der Waals surface area (Å²) in [6, 6.07) is -0.787. The van der Waals surface area contributed by atoms with E-state index in [0.717, 1.165) is 12.8 Å². The molecule has 7 nitrogen and oxygen atoms in total. The fourth-order valence-corrected chi connectivity index (χ4v) is 3.14. The van der Waals surface area contributed by atoms with Gasteiger partial charge < -0.3 is 20.1 Å². The first-order valence-electron chi connectivity index (χ1n) is 11.0. The van der Waals surface area contributed by atoms with Gasteiger partial charge in [0, 0.05) is 20.1 Å². The molecule has 2 atom stereocenters. The number of nitrogens with one attached hydrogen (secondary N) is 2. The summed E-state index contributed by atoms with van der Waals surface area (Å²) in [7, 11) is 0. The van der Waals surface area contributed by atoms with Crippen molar-refractivity contribution in [2.24, 2.45) is 5.92 Å². The summed E-state index contributed by atoms with van der Waals surface area (Å²) in [5.41, 5.74) is -0.554. The van der Waals surface area contributed by atoms with E-state index in [4.69, 9.17) is 9.47 Å². The van der Waals surface area contributed by atoms with E-state index in [9.17, 15) is 14.4 Å². The van der Waals surface area contributed by atoms with E-state index in [2.05, 4.69) is 10.6 Å². The summed E-state index contributed by atoms with van der Waals surface area (Å²) < 4.78 is 11.1. The third kappa shape index (κ3) is 13.3. The minimum Gasteiger partial charge on any atom is -0.460 e. The zero-order chi connectivity index (χ0) is 22.4. The van der Waals surface area contributed by atoms with E-state index in [1.165, 1.54) is 26.2 Å². The van der Waals surface area contributed by atoms with E-state index in [0.29, 0.717) is 12.5 Å². The molecular weight excluding hydrogens is 372 g/mol. The number of ether oxygens (including phenoxy) is 2. The molecule has 0 aromatic carbocycles. The van der Waals surface area contributed by atoms with Crippen LogP contribution in [0.2, 0.25) is 0 Å². The van der Waals surface area contributed by atoms with Crippen molar-refractivity contribution in [2.75, 3.05) is 13.2 Å². The quantitative estimate of drug-likeness (QED) is 0.564. The van der Waals surface area contributed by atoms with Crippen LogP contribution in [0.1, 0.15) is 87.0 Å². The van der Waals surface area contributed by atoms with Crippen molar-refractivity contribution >= 4 is 17.8 Å². The standard InChI is InChI=1S/C20H36N2O5.C2H6/c1-14(26-13-16-9-7-6-8-10-16)18(22-15(2)23)19(25)21-12-11-17(24)27-20(3,4)5;1-2/h14,16,18H,6-13H2,1-5H3,(H,21,25)(H,22,23);1-2H3. The number of hydrogen-bond donors (Lipinski definition) is 2. The van der Waals surface area contributed by atoms with E-state index in [1.807, 2.05) is 13.8 Å². The van der Waals surface area contributed by atoms with Gasteiger partial charge >= 0.3 is 5.97 Å². The van der Waals surface area contributed by atoms with Crippen molar-refractivity contribution in [3.63, 3.8) is 0 Å². The lowest BCUT2D eigenvalue weighted by molar-refractivity contribution is -0.154. The van der Waals surface area contributed by atoms with Gasteiger partial charge in [0.15, 0.2) is 0 Å². The van der Waals surface area contributed by atoms with Gasteiger partial charge in [-0.2, -0.15) is 0 Å². The van der Waals surface area contributed by atoms with Crippen LogP contribution in [0, 0.1) is 5.92 Å². The molecule has 1 rings (SSSR count). The third-order valence-electron chi connectivity index (χ3n) is 4.48. The van der Waals surface area contributed by atoms with Crippen LogP contribution >= 0.6 is 0 Å². The van der Waals surface area contributed by atoms with Gasteiger partial charge in [0.2, 0.25) is 11.8 Å². The largest absolute Gasteiger partial charge is 0.460 e. The van der Waals surface area contributed by atoms with Crippen molar-refractivity contribution in [1.29, 1.82) is 0 Å². The number of esters is 1. The zero-order valence-electron chi connectivity index (χ0n) is 19.4. The minimum absolute atomic E-state index is 0.0765. The second-order valence-corrected chi connectivity index (χ2v) is 8.35. The van der Waals surface area contributed by atoms with Gasteiger partial charge in [-0.3, -0.25) is 14.4 Å². The summed E-state index contributed by atoms with van der Waals surface area (Å²) in [5.74, 6) is -0.504. The summed E-state index contributed by atoms with van der Waals surface area (Å²) >= 11 is 0. The van der Waals surface area contributed by atoms with E-state index >= 15 is 0 Å². The lowest BCUT2D eigenvalue weighted by Crippen LogP contribution is -2.53. The molecule has 0 aromatic heterocycles. The van der Waals surface area contributed by atoms with Crippen molar-refractivity contribution in [2.45, 2.75) is 105 Å². The average molecular weight is 415 g/mol. The van der Waals surface area contributed by atoms with Crippen LogP contribution in [-0.2, 0) is 23.9 Å². The molecule has 29 heavy (non-hydrogen) atoms. The molecule has 1 saturated carbocycles. The number of amides is 2. The first-order chi connectivity index (χ1) is 13.6. The molecule has 0 spiro atoms. The molecule has 1 fully saturated rings. The van der Waals surface area contributed by atoms with Gasteiger partial charge in [-0.05, 0) is 46.5 Å². The molecule has 0 aromatic rings. The maximum Gasteiger partial charge on any atom is 0.308 e. The highest BCUT2D eigenvalue weighted by atomic mass is 16.6. The number of carbonyl (C=O) groups excluding carboxylic acids is 3. The van der Waals surface area contributed by atoms with Crippen molar-refractivity contribution in [3.05, 3.63) is 0 Å². The summed E-state index contributed by atoms with van der Waals surface area (Å²) in [6.07, 6.45) is 5.66. The molecule has 2 amide bonds. The Morgan fingerprint density at radius 3 is 2.17 bits per heavy atom. The van der Waals surface area contributed by atoms with Crippen LogP contribution in [0.5, 0.6) is 0 Å². The molecule has 0 heterocycles. The molecule has 1 aliphatic rings. The molecule has 2 N–H and O–H groups in total. The molecule has 170 valence electrons. The molecule has 7 heteroatoms. The fourth-order valence-electron chi connectivity index (χ4n) is 3.14. The SMILES string of the molecule is CC.CC(=O)NC(C(=O)NCCC(=O)OC(C)(C)C)C(C)OCC1CCCCC1. The Kier molecular flexibility index (Phi) is 13.6. The van der Waals surface area contributed by atoms with E-state index in [1.54, 1.807) is 27.7 Å². The third-order valence-corrected chi connectivity index (χ3v) is 4.48. The highest BCUT2D eigenvalue weighted by Crippen LogP contribution is 2.24. The maximum absolute atomic E-state index is 12.5.